The number of piperidine rings is 1. The van der Waals surface area contributed by atoms with Gasteiger partial charge >= 0.3 is 0 Å². The molecule has 19 heavy (non-hydrogen) atoms. The van der Waals surface area contributed by atoms with Crippen LogP contribution in [0.1, 0.15) is 29.6 Å². The summed E-state index contributed by atoms with van der Waals surface area (Å²) in [6.07, 6.45) is 3.68. The molecule has 1 atom stereocenters. The molecule has 1 aliphatic rings. The number of likely N-dealkylation sites (N-methyl/N-ethyl adjacent to an activating group) is 1. The Morgan fingerprint density at radius 1 is 1.47 bits per heavy atom. The fraction of sp³-hybridized carbons (Fsp3) is 0.429. The highest BCUT2D eigenvalue weighted by molar-refractivity contribution is 6.33. The summed E-state index contributed by atoms with van der Waals surface area (Å²) in [6, 6.07) is 5.14. The smallest absolute Gasteiger partial charge is 0.242 e. The van der Waals surface area contributed by atoms with Crippen molar-refractivity contribution in [3.8, 4) is 0 Å². The number of carbonyl (C=O) groups excluding carboxylic acids is 2. The van der Waals surface area contributed by atoms with E-state index in [9.17, 15) is 9.59 Å². The van der Waals surface area contributed by atoms with E-state index >= 15 is 0 Å². The van der Waals surface area contributed by atoms with Crippen LogP contribution in [0.4, 0.5) is 5.69 Å². The number of halogens is 1. The molecule has 102 valence electrons. The van der Waals surface area contributed by atoms with Gasteiger partial charge in [0.1, 0.15) is 6.04 Å². The zero-order valence-electron chi connectivity index (χ0n) is 10.9. The Balaban J connectivity index is 2.29. The molecular weight excluding hydrogens is 264 g/mol. The Hall–Kier alpha value is -1.55. The highest BCUT2D eigenvalue weighted by Gasteiger charge is 2.28. The molecule has 0 radical (unpaired) electrons. The molecule has 1 aromatic rings. The van der Waals surface area contributed by atoms with Crippen LogP contribution >= 0.6 is 11.6 Å². The monoisotopic (exact) mass is 280 g/mol. The van der Waals surface area contributed by atoms with E-state index in [2.05, 4.69) is 10.2 Å². The quantitative estimate of drug-likeness (QED) is 0.864. The van der Waals surface area contributed by atoms with Crippen LogP contribution in [0.2, 0.25) is 5.02 Å². The number of carbonyl (C=O) groups is 2. The van der Waals surface area contributed by atoms with E-state index in [1.807, 2.05) is 6.07 Å². The molecule has 1 aliphatic heterocycles. The summed E-state index contributed by atoms with van der Waals surface area (Å²) in [5, 5.41) is 3.13. The lowest BCUT2D eigenvalue weighted by Gasteiger charge is -2.36. The molecule has 0 aromatic heterocycles. The standard InChI is InChI=1S/C14H17ClN2O2/c1-16-14(19)13-4-2-3-7-17(13)11-6-5-10(9-18)12(15)8-11/h5-6,8-9,13H,2-4,7H2,1H3,(H,16,19). The van der Waals surface area contributed by atoms with Crippen molar-refractivity contribution in [1.82, 2.24) is 5.32 Å². The van der Waals surface area contributed by atoms with Crippen LogP contribution in [0.15, 0.2) is 18.2 Å². The second-order valence-electron chi connectivity index (χ2n) is 4.64. The van der Waals surface area contributed by atoms with Crippen LogP contribution < -0.4 is 10.2 Å². The SMILES string of the molecule is CNC(=O)C1CCCCN1c1ccc(C=O)c(Cl)c1. The van der Waals surface area contributed by atoms with Gasteiger partial charge in [-0.25, -0.2) is 0 Å². The lowest BCUT2D eigenvalue weighted by molar-refractivity contribution is -0.122. The summed E-state index contributed by atoms with van der Waals surface area (Å²) < 4.78 is 0. The van der Waals surface area contributed by atoms with Crippen LogP contribution in [-0.4, -0.2) is 31.8 Å². The minimum Gasteiger partial charge on any atom is -0.359 e. The van der Waals surface area contributed by atoms with Crippen LogP contribution in [-0.2, 0) is 4.79 Å². The Morgan fingerprint density at radius 2 is 2.26 bits per heavy atom. The van der Waals surface area contributed by atoms with Crippen molar-refractivity contribution in [2.24, 2.45) is 0 Å². The molecule has 0 aliphatic carbocycles. The van der Waals surface area contributed by atoms with Crippen LogP contribution in [0, 0.1) is 0 Å². The van der Waals surface area contributed by atoms with Gasteiger partial charge in [0.25, 0.3) is 0 Å². The van der Waals surface area contributed by atoms with Gasteiger partial charge in [-0.15, -0.1) is 0 Å². The topological polar surface area (TPSA) is 49.4 Å². The summed E-state index contributed by atoms with van der Waals surface area (Å²) in [6.45, 7) is 0.828. The number of amides is 1. The van der Waals surface area contributed by atoms with Gasteiger partial charge in [-0.2, -0.15) is 0 Å². The number of nitrogens with one attached hydrogen (secondary N) is 1. The lowest BCUT2D eigenvalue weighted by Crippen LogP contribution is -2.48. The van der Waals surface area contributed by atoms with Crippen LogP contribution in [0.3, 0.4) is 0 Å². The summed E-state index contributed by atoms with van der Waals surface area (Å²) >= 11 is 6.05. The molecular formula is C14H17ClN2O2. The fourth-order valence-electron chi connectivity index (χ4n) is 2.47. The van der Waals surface area contributed by atoms with Crippen molar-refractivity contribution in [2.45, 2.75) is 25.3 Å². The van der Waals surface area contributed by atoms with E-state index in [1.165, 1.54) is 0 Å². The maximum Gasteiger partial charge on any atom is 0.242 e. The zero-order valence-corrected chi connectivity index (χ0v) is 11.6. The summed E-state index contributed by atoms with van der Waals surface area (Å²) in [7, 11) is 1.65. The molecule has 1 saturated heterocycles. The average Bonchev–Trinajstić information content (AvgIpc) is 2.46. The third-order valence-electron chi connectivity index (χ3n) is 3.49. The zero-order chi connectivity index (χ0) is 13.8. The van der Waals surface area contributed by atoms with E-state index < -0.39 is 0 Å². The number of aldehydes is 1. The maximum atomic E-state index is 11.9. The molecule has 5 heteroatoms. The summed E-state index contributed by atoms with van der Waals surface area (Å²) in [5.74, 6) is 0.0234. The van der Waals surface area contributed by atoms with Crippen molar-refractivity contribution in [2.75, 3.05) is 18.5 Å². The minimum absolute atomic E-state index is 0.0234. The maximum absolute atomic E-state index is 11.9. The molecule has 1 N–H and O–H groups in total. The Bertz CT molecular complexity index is 490. The predicted octanol–water partition coefficient (Wildman–Crippen LogP) is 2.26. The highest BCUT2D eigenvalue weighted by atomic mass is 35.5. The Labute approximate surface area is 117 Å². The minimum atomic E-state index is -0.156. The second-order valence-corrected chi connectivity index (χ2v) is 5.05. The first-order chi connectivity index (χ1) is 9.17. The van der Waals surface area contributed by atoms with Crippen molar-refractivity contribution in [1.29, 1.82) is 0 Å². The molecule has 1 aromatic carbocycles. The number of benzene rings is 1. The number of hydrogen-bond donors (Lipinski definition) is 1. The Kier molecular flexibility index (Phi) is 4.43. The highest BCUT2D eigenvalue weighted by Crippen LogP contribution is 2.28. The van der Waals surface area contributed by atoms with Crippen molar-refractivity contribution < 1.29 is 9.59 Å². The molecule has 2 rings (SSSR count). The molecule has 1 amide bonds. The van der Waals surface area contributed by atoms with Gasteiger partial charge in [0, 0.05) is 24.8 Å². The van der Waals surface area contributed by atoms with Gasteiger partial charge in [0.15, 0.2) is 6.29 Å². The average molecular weight is 281 g/mol. The second kappa shape index (κ2) is 6.06. The summed E-state index contributed by atoms with van der Waals surface area (Å²) in [5.41, 5.74) is 1.36. The molecule has 0 bridgehead atoms. The Morgan fingerprint density at radius 3 is 2.89 bits per heavy atom. The molecule has 1 unspecified atom stereocenters. The van der Waals surface area contributed by atoms with E-state index in [4.69, 9.17) is 11.6 Å². The molecule has 1 heterocycles. The number of nitrogens with zero attached hydrogens (tertiary/aromatic N) is 1. The lowest BCUT2D eigenvalue weighted by atomic mass is 10.00. The van der Waals surface area contributed by atoms with Gasteiger partial charge in [0.05, 0.1) is 5.02 Å². The van der Waals surface area contributed by atoms with Gasteiger partial charge in [-0.05, 0) is 37.5 Å². The van der Waals surface area contributed by atoms with Gasteiger partial charge < -0.3 is 10.2 Å². The van der Waals surface area contributed by atoms with Gasteiger partial charge in [-0.1, -0.05) is 11.6 Å². The van der Waals surface area contributed by atoms with E-state index in [-0.39, 0.29) is 11.9 Å². The van der Waals surface area contributed by atoms with Crippen molar-refractivity contribution in [3.05, 3.63) is 28.8 Å². The first kappa shape index (κ1) is 13.9. The number of rotatable bonds is 3. The third-order valence-corrected chi connectivity index (χ3v) is 3.82. The van der Waals surface area contributed by atoms with E-state index in [1.54, 1.807) is 19.2 Å². The first-order valence-corrected chi connectivity index (χ1v) is 6.78. The fourth-order valence-corrected chi connectivity index (χ4v) is 2.69. The number of hydrogen-bond acceptors (Lipinski definition) is 3. The molecule has 1 fully saturated rings. The summed E-state index contributed by atoms with van der Waals surface area (Å²) in [4.78, 5) is 24.7. The van der Waals surface area contributed by atoms with Crippen LogP contribution in [0.5, 0.6) is 0 Å². The van der Waals surface area contributed by atoms with Crippen molar-refractivity contribution >= 4 is 29.5 Å². The first-order valence-electron chi connectivity index (χ1n) is 6.40. The van der Waals surface area contributed by atoms with Crippen molar-refractivity contribution in [3.63, 3.8) is 0 Å². The van der Waals surface area contributed by atoms with Crippen LogP contribution in [0.25, 0.3) is 0 Å². The van der Waals surface area contributed by atoms with Gasteiger partial charge in [0.2, 0.25) is 5.91 Å². The van der Waals surface area contributed by atoms with E-state index in [0.29, 0.717) is 10.6 Å². The van der Waals surface area contributed by atoms with E-state index in [0.717, 1.165) is 37.8 Å². The molecule has 4 nitrogen and oxygen atoms in total. The molecule has 0 saturated carbocycles. The normalized spacial score (nSPS) is 19.1. The predicted molar refractivity (Wildman–Crippen MR) is 75.9 cm³/mol. The largest absolute Gasteiger partial charge is 0.359 e. The number of anilines is 1. The molecule has 0 spiro atoms. The third kappa shape index (κ3) is 2.89. The van der Waals surface area contributed by atoms with Gasteiger partial charge in [-0.3, -0.25) is 9.59 Å².